The van der Waals surface area contributed by atoms with Crippen LogP contribution in [0.4, 0.5) is 5.69 Å². The molecule has 3 nitrogen and oxygen atoms in total. The van der Waals surface area contributed by atoms with Crippen LogP contribution in [0.3, 0.4) is 0 Å². The van der Waals surface area contributed by atoms with Gasteiger partial charge in [0.05, 0.1) is 28.9 Å². The fourth-order valence-corrected chi connectivity index (χ4v) is 2.65. The van der Waals surface area contributed by atoms with E-state index in [1.807, 2.05) is 24.3 Å². The van der Waals surface area contributed by atoms with Crippen LogP contribution in [0.1, 0.15) is 11.7 Å². The Morgan fingerprint density at radius 2 is 1.81 bits per heavy atom. The Hall–Kier alpha value is -0.940. The minimum atomic E-state index is -0.658. The van der Waals surface area contributed by atoms with Crippen molar-refractivity contribution in [3.8, 4) is 5.75 Å². The number of aliphatic hydroxyl groups is 1. The highest BCUT2D eigenvalue weighted by Gasteiger charge is 2.11. The smallest absolute Gasteiger partial charge is 0.118 e. The second-order valence-electron chi connectivity index (χ2n) is 4.39. The maximum absolute atomic E-state index is 10.2. The van der Waals surface area contributed by atoms with E-state index in [2.05, 4.69) is 21.2 Å². The molecule has 6 heteroatoms. The van der Waals surface area contributed by atoms with E-state index in [9.17, 15) is 5.11 Å². The van der Waals surface area contributed by atoms with E-state index >= 15 is 0 Å². The fourth-order valence-electron chi connectivity index (χ4n) is 1.81. The van der Waals surface area contributed by atoms with E-state index in [1.165, 1.54) is 0 Å². The highest BCUT2D eigenvalue weighted by Crippen LogP contribution is 2.36. The molecule has 2 rings (SSSR count). The van der Waals surface area contributed by atoms with Gasteiger partial charge in [-0.05, 0) is 45.8 Å². The van der Waals surface area contributed by atoms with Crippen molar-refractivity contribution in [1.82, 2.24) is 0 Å². The van der Waals surface area contributed by atoms with Gasteiger partial charge in [0.1, 0.15) is 5.75 Å². The molecule has 0 aliphatic rings. The van der Waals surface area contributed by atoms with Crippen LogP contribution < -0.4 is 10.1 Å². The summed E-state index contributed by atoms with van der Waals surface area (Å²) in [6.07, 6.45) is -0.658. The molecule has 0 aliphatic heterocycles. The molecule has 0 amide bonds. The van der Waals surface area contributed by atoms with Crippen molar-refractivity contribution < 1.29 is 9.84 Å². The van der Waals surface area contributed by atoms with E-state index < -0.39 is 6.10 Å². The number of halogens is 3. The Morgan fingerprint density at radius 3 is 2.43 bits per heavy atom. The molecule has 112 valence electrons. The Bertz CT molecular complexity index is 620. The van der Waals surface area contributed by atoms with Crippen LogP contribution in [-0.2, 0) is 0 Å². The number of methoxy groups -OCH3 is 1. The van der Waals surface area contributed by atoms with Gasteiger partial charge in [-0.1, -0.05) is 35.3 Å². The number of rotatable bonds is 5. The number of hydrogen-bond donors (Lipinski definition) is 2. The quantitative estimate of drug-likeness (QED) is 0.712. The summed E-state index contributed by atoms with van der Waals surface area (Å²) in [7, 11) is 1.60. The van der Waals surface area contributed by atoms with Crippen LogP contribution >= 0.6 is 39.1 Å². The molecule has 21 heavy (non-hydrogen) atoms. The van der Waals surface area contributed by atoms with Crippen LogP contribution in [0.25, 0.3) is 0 Å². The maximum atomic E-state index is 10.2. The molecule has 2 aromatic carbocycles. The summed E-state index contributed by atoms with van der Waals surface area (Å²) in [5.74, 6) is 0.752. The number of aliphatic hydroxyl groups excluding tert-OH is 1. The van der Waals surface area contributed by atoms with Crippen LogP contribution in [-0.4, -0.2) is 18.8 Å². The number of ether oxygens (including phenoxy) is 1. The van der Waals surface area contributed by atoms with Crippen molar-refractivity contribution in [2.24, 2.45) is 0 Å². The zero-order valence-corrected chi connectivity index (χ0v) is 14.3. The van der Waals surface area contributed by atoms with Crippen molar-refractivity contribution >= 4 is 44.8 Å². The van der Waals surface area contributed by atoms with Gasteiger partial charge < -0.3 is 15.2 Å². The van der Waals surface area contributed by atoms with E-state index in [0.717, 1.165) is 15.8 Å². The van der Waals surface area contributed by atoms with Crippen molar-refractivity contribution in [1.29, 1.82) is 0 Å². The van der Waals surface area contributed by atoms with Gasteiger partial charge in [0, 0.05) is 11.0 Å². The van der Waals surface area contributed by atoms with E-state index in [-0.39, 0.29) is 0 Å². The SMILES string of the molecule is COc1ccc(C(O)CNc2ccc(Br)c(Cl)c2Cl)cc1. The molecule has 0 bridgehead atoms. The van der Waals surface area contributed by atoms with Crippen molar-refractivity contribution in [2.75, 3.05) is 19.0 Å². The van der Waals surface area contributed by atoms with Gasteiger partial charge in [-0.2, -0.15) is 0 Å². The summed E-state index contributed by atoms with van der Waals surface area (Å²) in [5.41, 5.74) is 1.47. The molecular formula is C15H14BrCl2NO2. The molecule has 0 spiro atoms. The number of hydrogen-bond acceptors (Lipinski definition) is 3. The van der Waals surface area contributed by atoms with Gasteiger partial charge in [0.15, 0.2) is 0 Å². The first kappa shape index (κ1) is 16.4. The predicted molar refractivity (Wildman–Crippen MR) is 90.6 cm³/mol. The van der Waals surface area contributed by atoms with Gasteiger partial charge in [0.2, 0.25) is 0 Å². The van der Waals surface area contributed by atoms with Gasteiger partial charge in [0.25, 0.3) is 0 Å². The third-order valence-electron chi connectivity index (χ3n) is 3.02. The molecule has 2 aromatic rings. The van der Waals surface area contributed by atoms with E-state index in [1.54, 1.807) is 19.2 Å². The zero-order valence-electron chi connectivity index (χ0n) is 11.2. The standard InChI is InChI=1S/C15H14BrCl2NO2/c1-21-10-4-2-9(3-5-10)13(20)8-19-12-7-6-11(16)14(17)15(12)18/h2-7,13,19-20H,8H2,1H3. The summed E-state index contributed by atoms with van der Waals surface area (Å²) < 4.78 is 5.82. The molecule has 1 atom stereocenters. The topological polar surface area (TPSA) is 41.5 Å². The van der Waals surface area contributed by atoms with Gasteiger partial charge in [-0.25, -0.2) is 0 Å². The number of benzene rings is 2. The molecule has 0 radical (unpaired) electrons. The maximum Gasteiger partial charge on any atom is 0.118 e. The van der Waals surface area contributed by atoms with Crippen LogP contribution in [0, 0.1) is 0 Å². The molecule has 0 aliphatic carbocycles. The molecule has 2 N–H and O–H groups in total. The normalized spacial score (nSPS) is 12.0. The van der Waals surface area contributed by atoms with Gasteiger partial charge >= 0.3 is 0 Å². The lowest BCUT2D eigenvalue weighted by Crippen LogP contribution is -2.12. The first-order valence-corrected chi connectivity index (χ1v) is 7.77. The molecule has 1 unspecified atom stereocenters. The van der Waals surface area contributed by atoms with Crippen LogP contribution in [0.15, 0.2) is 40.9 Å². The summed E-state index contributed by atoms with van der Waals surface area (Å²) in [4.78, 5) is 0. The summed E-state index contributed by atoms with van der Waals surface area (Å²) in [6, 6.07) is 10.9. The lowest BCUT2D eigenvalue weighted by molar-refractivity contribution is 0.191. The second kappa shape index (κ2) is 7.36. The Kier molecular flexibility index (Phi) is 5.76. The summed E-state index contributed by atoms with van der Waals surface area (Å²) in [5, 5.41) is 14.1. The largest absolute Gasteiger partial charge is 0.497 e. The van der Waals surface area contributed by atoms with E-state index in [4.69, 9.17) is 27.9 Å². The molecule has 0 saturated heterocycles. The Labute approximate surface area is 142 Å². The van der Waals surface area contributed by atoms with Crippen LogP contribution in [0.5, 0.6) is 5.75 Å². The highest BCUT2D eigenvalue weighted by molar-refractivity contribution is 9.10. The van der Waals surface area contributed by atoms with Gasteiger partial charge in [-0.3, -0.25) is 0 Å². The lowest BCUT2D eigenvalue weighted by Gasteiger charge is -2.15. The Morgan fingerprint density at radius 1 is 1.14 bits per heavy atom. The molecular weight excluding hydrogens is 377 g/mol. The molecule has 0 fully saturated rings. The fraction of sp³-hybridized carbons (Fsp3) is 0.200. The third-order valence-corrected chi connectivity index (χ3v) is 4.79. The predicted octanol–water partition coefficient (Wildman–Crippen LogP) is 4.91. The minimum Gasteiger partial charge on any atom is -0.497 e. The van der Waals surface area contributed by atoms with Crippen LogP contribution in [0.2, 0.25) is 10.0 Å². The first-order chi connectivity index (χ1) is 10.0. The van der Waals surface area contributed by atoms with Crippen molar-refractivity contribution in [3.05, 3.63) is 56.5 Å². The lowest BCUT2D eigenvalue weighted by atomic mass is 10.1. The third kappa shape index (κ3) is 4.04. The van der Waals surface area contributed by atoms with E-state index in [0.29, 0.717) is 22.3 Å². The summed E-state index contributed by atoms with van der Waals surface area (Å²) >= 11 is 15.5. The van der Waals surface area contributed by atoms with Gasteiger partial charge in [-0.15, -0.1) is 0 Å². The molecule has 0 saturated carbocycles. The minimum absolute atomic E-state index is 0.323. The second-order valence-corrected chi connectivity index (χ2v) is 6.00. The highest BCUT2D eigenvalue weighted by atomic mass is 79.9. The monoisotopic (exact) mass is 389 g/mol. The van der Waals surface area contributed by atoms with Crippen molar-refractivity contribution in [2.45, 2.75) is 6.10 Å². The number of nitrogens with one attached hydrogen (secondary N) is 1. The first-order valence-electron chi connectivity index (χ1n) is 6.22. The zero-order chi connectivity index (χ0) is 15.4. The Balaban J connectivity index is 2.03. The molecule has 0 aromatic heterocycles. The van der Waals surface area contributed by atoms with Crippen molar-refractivity contribution in [3.63, 3.8) is 0 Å². The average Bonchev–Trinajstić information content (AvgIpc) is 2.52. The molecule has 0 heterocycles. The number of anilines is 1. The summed E-state index contributed by atoms with van der Waals surface area (Å²) in [6.45, 7) is 0.323. The average molecular weight is 391 g/mol.